The van der Waals surface area contributed by atoms with Crippen LogP contribution in [-0.4, -0.2) is 31.3 Å². The molecule has 5 heteroatoms. The third-order valence-electron chi connectivity index (χ3n) is 2.40. The Morgan fingerprint density at radius 2 is 1.73 bits per heavy atom. The maximum atomic E-state index is 10.4. The van der Waals surface area contributed by atoms with Crippen molar-refractivity contribution in [2.45, 2.75) is 52.0 Å². The third-order valence-corrected chi connectivity index (χ3v) is 3.12. The van der Waals surface area contributed by atoms with E-state index in [4.69, 9.17) is 4.55 Å². The van der Waals surface area contributed by atoms with Gasteiger partial charge in [0, 0.05) is 12.6 Å². The summed E-state index contributed by atoms with van der Waals surface area (Å²) in [5.41, 5.74) is 0. The Hall–Kier alpha value is -0.130. The summed E-state index contributed by atoms with van der Waals surface area (Å²) in [7, 11) is -3.79. The molecular weight excluding hydrogens is 214 g/mol. The van der Waals surface area contributed by atoms with Crippen LogP contribution in [0.2, 0.25) is 0 Å². The highest BCUT2D eigenvalue weighted by Gasteiger charge is 2.13. The first-order chi connectivity index (χ1) is 7.08. The molecule has 0 bridgehead atoms. The SMILES string of the molecule is CC.O=S(=O)(O)CCNC1CCCCC1. The van der Waals surface area contributed by atoms with E-state index in [2.05, 4.69) is 5.32 Å². The second-order valence-electron chi connectivity index (χ2n) is 3.58. The molecule has 0 radical (unpaired) electrons. The van der Waals surface area contributed by atoms with E-state index in [9.17, 15) is 8.42 Å². The van der Waals surface area contributed by atoms with Gasteiger partial charge in [0.1, 0.15) is 0 Å². The molecule has 0 atom stereocenters. The van der Waals surface area contributed by atoms with Crippen molar-refractivity contribution in [3.8, 4) is 0 Å². The normalized spacial score (nSPS) is 18.1. The van der Waals surface area contributed by atoms with Crippen LogP contribution in [0.4, 0.5) is 0 Å². The molecule has 15 heavy (non-hydrogen) atoms. The second-order valence-corrected chi connectivity index (χ2v) is 5.15. The lowest BCUT2D eigenvalue weighted by Gasteiger charge is -2.22. The Bertz CT molecular complexity index is 233. The molecule has 2 N–H and O–H groups in total. The van der Waals surface area contributed by atoms with Gasteiger partial charge in [-0.15, -0.1) is 0 Å². The van der Waals surface area contributed by atoms with Crippen LogP contribution < -0.4 is 5.32 Å². The summed E-state index contributed by atoms with van der Waals surface area (Å²) in [5.74, 6) is -0.177. The quantitative estimate of drug-likeness (QED) is 0.732. The monoisotopic (exact) mass is 237 g/mol. The largest absolute Gasteiger partial charge is 0.313 e. The number of hydrogen-bond donors (Lipinski definition) is 2. The van der Waals surface area contributed by atoms with Crippen LogP contribution in [0.3, 0.4) is 0 Å². The number of nitrogens with one attached hydrogen (secondary N) is 1. The molecule has 1 rings (SSSR count). The fourth-order valence-electron chi connectivity index (χ4n) is 1.70. The summed E-state index contributed by atoms with van der Waals surface area (Å²) < 4.78 is 29.3. The van der Waals surface area contributed by atoms with Crippen molar-refractivity contribution >= 4 is 10.1 Å². The maximum absolute atomic E-state index is 10.4. The standard InChI is InChI=1S/C8H17NO3S.C2H6/c10-13(11,12)7-6-9-8-4-2-1-3-5-8;1-2/h8-9H,1-7H2,(H,10,11,12);1-2H3. The van der Waals surface area contributed by atoms with Crippen LogP contribution in [0.1, 0.15) is 46.0 Å². The van der Waals surface area contributed by atoms with E-state index in [1.54, 1.807) is 0 Å². The predicted molar refractivity (Wildman–Crippen MR) is 62.6 cm³/mol. The van der Waals surface area contributed by atoms with Crippen molar-refractivity contribution in [3.63, 3.8) is 0 Å². The molecule has 0 aromatic carbocycles. The summed E-state index contributed by atoms with van der Waals surface area (Å²) in [4.78, 5) is 0. The van der Waals surface area contributed by atoms with Crippen molar-refractivity contribution in [3.05, 3.63) is 0 Å². The summed E-state index contributed by atoms with van der Waals surface area (Å²) in [5, 5.41) is 3.14. The van der Waals surface area contributed by atoms with Crippen molar-refractivity contribution in [2.24, 2.45) is 0 Å². The number of hydrogen-bond acceptors (Lipinski definition) is 3. The minimum Gasteiger partial charge on any atom is -0.313 e. The minimum absolute atomic E-state index is 0.177. The van der Waals surface area contributed by atoms with Crippen LogP contribution in [0.15, 0.2) is 0 Å². The molecule has 4 nitrogen and oxygen atoms in total. The summed E-state index contributed by atoms with van der Waals surface area (Å²) in [6.07, 6.45) is 6.00. The molecule has 0 aromatic rings. The Morgan fingerprint density at radius 3 is 2.20 bits per heavy atom. The molecule has 0 unspecified atom stereocenters. The molecule has 0 aliphatic heterocycles. The summed E-state index contributed by atoms with van der Waals surface area (Å²) in [6, 6.07) is 0.454. The van der Waals surface area contributed by atoms with Gasteiger partial charge in [0.05, 0.1) is 5.75 Å². The van der Waals surface area contributed by atoms with Crippen LogP contribution in [0, 0.1) is 0 Å². The Kier molecular flexibility index (Phi) is 8.00. The lowest BCUT2D eigenvalue weighted by atomic mass is 9.96. The highest BCUT2D eigenvalue weighted by atomic mass is 32.2. The van der Waals surface area contributed by atoms with E-state index in [0.717, 1.165) is 12.8 Å². The molecule has 1 aliphatic rings. The van der Waals surface area contributed by atoms with Gasteiger partial charge in [-0.2, -0.15) is 8.42 Å². The summed E-state index contributed by atoms with van der Waals surface area (Å²) in [6.45, 7) is 4.36. The van der Waals surface area contributed by atoms with E-state index in [-0.39, 0.29) is 5.75 Å². The van der Waals surface area contributed by atoms with E-state index in [1.807, 2.05) is 13.8 Å². The Morgan fingerprint density at radius 1 is 1.20 bits per heavy atom. The van der Waals surface area contributed by atoms with Gasteiger partial charge < -0.3 is 5.32 Å². The molecule has 0 heterocycles. The lowest BCUT2D eigenvalue weighted by molar-refractivity contribution is 0.378. The molecular formula is C10H23NO3S. The van der Waals surface area contributed by atoms with E-state index in [1.165, 1.54) is 19.3 Å². The molecule has 0 saturated heterocycles. The zero-order valence-corrected chi connectivity index (χ0v) is 10.5. The van der Waals surface area contributed by atoms with Gasteiger partial charge in [-0.05, 0) is 12.8 Å². The van der Waals surface area contributed by atoms with Crippen LogP contribution in [0.5, 0.6) is 0 Å². The zero-order chi connectivity index (χ0) is 11.7. The zero-order valence-electron chi connectivity index (χ0n) is 9.70. The minimum atomic E-state index is -3.79. The van der Waals surface area contributed by atoms with E-state index >= 15 is 0 Å². The molecule has 1 saturated carbocycles. The molecule has 0 aromatic heterocycles. The first kappa shape index (κ1) is 14.9. The molecule has 0 amide bonds. The highest BCUT2D eigenvalue weighted by Crippen LogP contribution is 2.16. The van der Waals surface area contributed by atoms with Crippen molar-refractivity contribution in [1.82, 2.24) is 5.32 Å². The van der Waals surface area contributed by atoms with Gasteiger partial charge in [0.25, 0.3) is 10.1 Å². The Balaban J connectivity index is 0.000000921. The van der Waals surface area contributed by atoms with Gasteiger partial charge in [-0.1, -0.05) is 33.1 Å². The van der Waals surface area contributed by atoms with Crippen molar-refractivity contribution in [1.29, 1.82) is 0 Å². The van der Waals surface area contributed by atoms with E-state index < -0.39 is 10.1 Å². The van der Waals surface area contributed by atoms with Gasteiger partial charge in [-0.3, -0.25) is 4.55 Å². The molecule has 1 fully saturated rings. The average molecular weight is 237 g/mol. The van der Waals surface area contributed by atoms with Gasteiger partial charge in [0.15, 0.2) is 0 Å². The van der Waals surface area contributed by atoms with Crippen molar-refractivity contribution < 1.29 is 13.0 Å². The fraction of sp³-hybridized carbons (Fsp3) is 1.00. The smallest absolute Gasteiger partial charge is 0.266 e. The Labute approximate surface area is 93.2 Å². The van der Waals surface area contributed by atoms with Crippen LogP contribution >= 0.6 is 0 Å². The van der Waals surface area contributed by atoms with Crippen molar-refractivity contribution in [2.75, 3.05) is 12.3 Å². The first-order valence-corrected chi connectivity index (χ1v) is 7.37. The molecule has 0 spiro atoms. The third kappa shape index (κ3) is 8.84. The average Bonchev–Trinajstić information content (AvgIpc) is 2.20. The van der Waals surface area contributed by atoms with Gasteiger partial charge in [-0.25, -0.2) is 0 Å². The fourth-order valence-corrected chi connectivity index (χ4v) is 2.07. The highest BCUT2D eigenvalue weighted by molar-refractivity contribution is 7.85. The molecule has 1 aliphatic carbocycles. The van der Waals surface area contributed by atoms with Gasteiger partial charge in [0.2, 0.25) is 0 Å². The maximum Gasteiger partial charge on any atom is 0.266 e. The van der Waals surface area contributed by atoms with Crippen LogP contribution in [-0.2, 0) is 10.1 Å². The van der Waals surface area contributed by atoms with Crippen LogP contribution in [0.25, 0.3) is 0 Å². The predicted octanol–water partition coefficient (Wildman–Crippen LogP) is 1.82. The first-order valence-electron chi connectivity index (χ1n) is 5.76. The number of rotatable bonds is 4. The van der Waals surface area contributed by atoms with E-state index in [0.29, 0.717) is 12.6 Å². The van der Waals surface area contributed by atoms with Gasteiger partial charge >= 0.3 is 0 Å². The molecule has 92 valence electrons. The summed E-state index contributed by atoms with van der Waals surface area (Å²) >= 11 is 0. The topological polar surface area (TPSA) is 66.4 Å². The lowest BCUT2D eigenvalue weighted by Crippen LogP contribution is -2.34. The second kappa shape index (κ2) is 8.07.